The van der Waals surface area contributed by atoms with E-state index >= 15 is 0 Å². The van der Waals surface area contributed by atoms with E-state index in [2.05, 4.69) is 9.97 Å². The Balaban J connectivity index is 2.08. The van der Waals surface area contributed by atoms with Crippen LogP contribution in [-0.4, -0.2) is 25.6 Å². The number of carboxylic acid groups (broad SMARTS) is 1. The first-order valence-electron chi connectivity index (χ1n) is 5.76. The van der Waals surface area contributed by atoms with Crippen molar-refractivity contribution in [2.45, 2.75) is 13.0 Å². The lowest BCUT2D eigenvalue weighted by Gasteiger charge is -2.11. The third kappa shape index (κ3) is 2.00. The molecule has 5 nitrogen and oxygen atoms in total. The van der Waals surface area contributed by atoms with Gasteiger partial charge in [-0.15, -0.1) is 11.3 Å². The molecule has 19 heavy (non-hydrogen) atoms. The minimum Gasteiger partial charge on any atom is -0.478 e. The van der Waals surface area contributed by atoms with Crippen molar-refractivity contribution in [3.05, 3.63) is 46.7 Å². The van der Waals surface area contributed by atoms with Gasteiger partial charge in [-0.3, -0.25) is 0 Å². The molecule has 0 aliphatic carbocycles. The van der Waals surface area contributed by atoms with Gasteiger partial charge < -0.3 is 9.67 Å². The highest BCUT2D eigenvalue weighted by molar-refractivity contribution is 7.09. The summed E-state index contributed by atoms with van der Waals surface area (Å²) in [4.78, 5) is 19.5. The van der Waals surface area contributed by atoms with Gasteiger partial charge in [0, 0.05) is 11.6 Å². The molecule has 1 aromatic carbocycles. The summed E-state index contributed by atoms with van der Waals surface area (Å²) in [6.07, 6.45) is 3.50. The van der Waals surface area contributed by atoms with Crippen LogP contribution in [0.4, 0.5) is 0 Å². The van der Waals surface area contributed by atoms with Gasteiger partial charge in [0.2, 0.25) is 0 Å². The van der Waals surface area contributed by atoms with Gasteiger partial charge in [-0.25, -0.2) is 14.8 Å². The fraction of sp³-hybridized carbons (Fsp3) is 0.154. The number of hydrogen-bond donors (Lipinski definition) is 1. The molecule has 0 aliphatic heterocycles. The summed E-state index contributed by atoms with van der Waals surface area (Å²) in [6.45, 7) is 2.05. The number of hydrogen-bond acceptors (Lipinski definition) is 4. The molecule has 0 bridgehead atoms. The number of carbonyl (C=O) groups is 1. The van der Waals surface area contributed by atoms with Crippen LogP contribution in [0, 0.1) is 0 Å². The molecule has 0 saturated heterocycles. The summed E-state index contributed by atoms with van der Waals surface area (Å²) in [5.74, 6) is -0.940. The quantitative estimate of drug-likeness (QED) is 0.796. The Morgan fingerprint density at radius 1 is 1.42 bits per heavy atom. The molecule has 3 aromatic rings. The number of nitrogens with zero attached hydrogens (tertiary/aromatic N) is 3. The molecule has 1 unspecified atom stereocenters. The SMILES string of the molecule is CC(c1nccs1)n1cnc2cc(C(=O)O)ccc21. The molecule has 96 valence electrons. The minimum atomic E-state index is -0.940. The van der Waals surface area contributed by atoms with Crippen molar-refractivity contribution in [3.63, 3.8) is 0 Å². The van der Waals surface area contributed by atoms with Crippen LogP contribution in [0.25, 0.3) is 11.0 Å². The average Bonchev–Trinajstić information content (AvgIpc) is 3.06. The van der Waals surface area contributed by atoms with Gasteiger partial charge in [-0.05, 0) is 25.1 Å². The maximum Gasteiger partial charge on any atom is 0.335 e. The molecule has 6 heteroatoms. The minimum absolute atomic E-state index is 0.0840. The number of benzene rings is 1. The standard InChI is InChI=1S/C13H11N3O2S/c1-8(12-14-4-5-19-12)16-7-15-10-6-9(13(17)18)2-3-11(10)16/h2-8H,1H3,(H,17,18). The highest BCUT2D eigenvalue weighted by Gasteiger charge is 2.14. The second-order valence-corrected chi connectivity index (χ2v) is 5.13. The third-order valence-corrected chi connectivity index (χ3v) is 3.99. The van der Waals surface area contributed by atoms with Gasteiger partial charge in [-0.1, -0.05) is 0 Å². The Morgan fingerprint density at radius 2 is 2.26 bits per heavy atom. The second-order valence-electron chi connectivity index (χ2n) is 4.21. The number of fused-ring (bicyclic) bond motifs is 1. The predicted molar refractivity (Wildman–Crippen MR) is 72.6 cm³/mol. The van der Waals surface area contributed by atoms with Gasteiger partial charge in [0.05, 0.1) is 29.0 Å². The molecule has 2 heterocycles. The Kier molecular flexibility index (Phi) is 2.79. The zero-order chi connectivity index (χ0) is 13.4. The van der Waals surface area contributed by atoms with Crippen LogP contribution in [0.15, 0.2) is 36.1 Å². The smallest absolute Gasteiger partial charge is 0.335 e. The molecular formula is C13H11N3O2S. The van der Waals surface area contributed by atoms with Crippen molar-refractivity contribution < 1.29 is 9.90 Å². The average molecular weight is 273 g/mol. The normalized spacial score (nSPS) is 12.7. The summed E-state index contributed by atoms with van der Waals surface area (Å²) in [5.41, 5.74) is 1.84. The lowest BCUT2D eigenvalue weighted by Crippen LogP contribution is -2.05. The number of rotatable bonds is 3. The number of aromatic carboxylic acids is 1. The first kappa shape index (κ1) is 11.9. The Bertz CT molecular complexity index is 734. The number of imidazole rings is 1. The van der Waals surface area contributed by atoms with Crippen LogP contribution in [0.1, 0.15) is 28.3 Å². The fourth-order valence-corrected chi connectivity index (χ4v) is 2.73. The summed E-state index contributed by atoms with van der Waals surface area (Å²) < 4.78 is 2.00. The highest BCUT2D eigenvalue weighted by Crippen LogP contribution is 2.25. The zero-order valence-corrected chi connectivity index (χ0v) is 11.0. The fourth-order valence-electron chi connectivity index (χ4n) is 2.03. The van der Waals surface area contributed by atoms with E-state index in [1.807, 2.05) is 16.9 Å². The summed E-state index contributed by atoms with van der Waals surface area (Å²) in [5, 5.41) is 11.9. The Morgan fingerprint density at radius 3 is 2.95 bits per heavy atom. The summed E-state index contributed by atoms with van der Waals surface area (Å²) >= 11 is 1.59. The third-order valence-electron chi connectivity index (χ3n) is 3.05. The van der Waals surface area contributed by atoms with Crippen molar-refractivity contribution >= 4 is 28.3 Å². The van der Waals surface area contributed by atoms with Crippen molar-refractivity contribution in [2.75, 3.05) is 0 Å². The molecule has 1 N–H and O–H groups in total. The monoisotopic (exact) mass is 273 g/mol. The van der Waals surface area contributed by atoms with Crippen LogP contribution in [0.2, 0.25) is 0 Å². The number of aromatic nitrogens is 3. The molecule has 0 radical (unpaired) electrons. The maximum absolute atomic E-state index is 10.9. The molecule has 2 aromatic heterocycles. The van der Waals surface area contributed by atoms with E-state index in [1.165, 1.54) is 0 Å². The second kappa shape index (κ2) is 4.47. The molecule has 3 rings (SSSR count). The van der Waals surface area contributed by atoms with Crippen molar-refractivity contribution in [1.29, 1.82) is 0 Å². The van der Waals surface area contributed by atoms with Gasteiger partial charge in [0.1, 0.15) is 5.01 Å². The topological polar surface area (TPSA) is 68.0 Å². The van der Waals surface area contributed by atoms with Crippen LogP contribution in [0.5, 0.6) is 0 Å². The molecular weight excluding hydrogens is 262 g/mol. The van der Waals surface area contributed by atoms with Crippen molar-refractivity contribution in [1.82, 2.24) is 14.5 Å². The summed E-state index contributed by atoms with van der Waals surface area (Å²) in [6, 6.07) is 5.05. The highest BCUT2D eigenvalue weighted by atomic mass is 32.1. The number of carboxylic acids is 1. The molecule has 0 saturated carbocycles. The van der Waals surface area contributed by atoms with Crippen molar-refractivity contribution in [2.24, 2.45) is 0 Å². The largest absolute Gasteiger partial charge is 0.478 e. The molecule has 0 aliphatic rings. The zero-order valence-electron chi connectivity index (χ0n) is 10.1. The number of thiazole rings is 1. The first-order valence-corrected chi connectivity index (χ1v) is 6.64. The lowest BCUT2D eigenvalue weighted by atomic mass is 10.2. The Hall–Kier alpha value is -2.21. The van der Waals surface area contributed by atoms with Crippen LogP contribution >= 0.6 is 11.3 Å². The molecule has 0 spiro atoms. The molecule has 1 atom stereocenters. The lowest BCUT2D eigenvalue weighted by molar-refractivity contribution is 0.0697. The van der Waals surface area contributed by atoms with E-state index in [9.17, 15) is 4.79 Å². The van der Waals surface area contributed by atoms with E-state index in [0.717, 1.165) is 10.5 Å². The van der Waals surface area contributed by atoms with Crippen LogP contribution in [-0.2, 0) is 0 Å². The van der Waals surface area contributed by atoms with Gasteiger partial charge in [0.25, 0.3) is 0 Å². The summed E-state index contributed by atoms with van der Waals surface area (Å²) in [7, 11) is 0. The molecule has 0 fully saturated rings. The van der Waals surface area contributed by atoms with E-state index in [1.54, 1.807) is 42.1 Å². The van der Waals surface area contributed by atoms with Gasteiger partial charge in [0.15, 0.2) is 0 Å². The van der Waals surface area contributed by atoms with E-state index in [4.69, 9.17) is 5.11 Å². The van der Waals surface area contributed by atoms with E-state index < -0.39 is 5.97 Å². The van der Waals surface area contributed by atoms with Crippen LogP contribution in [0.3, 0.4) is 0 Å². The predicted octanol–water partition coefficient (Wildman–Crippen LogP) is 2.80. The van der Waals surface area contributed by atoms with E-state index in [0.29, 0.717) is 5.52 Å². The van der Waals surface area contributed by atoms with Crippen molar-refractivity contribution in [3.8, 4) is 0 Å². The molecule has 0 amide bonds. The van der Waals surface area contributed by atoms with Crippen LogP contribution < -0.4 is 0 Å². The van der Waals surface area contributed by atoms with E-state index in [-0.39, 0.29) is 11.6 Å². The van der Waals surface area contributed by atoms with Gasteiger partial charge in [-0.2, -0.15) is 0 Å². The van der Waals surface area contributed by atoms with Gasteiger partial charge >= 0.3 is 5.97 Å². The Labute approximate surface area is 113 Å². The maximum atomic E-state index is 10.9. The first-order chi connectivity index (χ1) is 9.16.